The largest absolute Gasteiger partial charge is 0.382 e. The van der Waals surface area contributed by atoms with Gasteiger partial charge in [-0.15, -0.1) is 5.10 Å². The van der Waals surface area contributed by atoms with Gasteiger partial charge in [-0.2, -0.15) is 10.2 Å². The lowest BCUT2D eigenvalue weighted by molar-refractivity contribution is 0.205. The van der Waals surface area contributed by atoms with Crippen molar-refractivity contribution in [2.75, 3.05) is 0 Å². The molecule has 1 N–H and O–H groups in total. The van der Waals surface area contributed by atoms with Crippen molar-refractivity contribution in [3.63, 3.8) is 0 Å². The van der Waals surface area contributed by atoms with Gasteiger partial charge in [-0.25, -0.2) is 4.68 Å². The topological polar surface area (TPSA) is 76.7 Å². The van der Waals surface area contributed by atoms with E-state index in [9.17, 15) is 5.11 Å². The van der Waals surface area contributed by atoms with E-state index in [1.165, 1.54) is 0 Å². The molecule has 0 amide bonds. The number of aliphatic hydroxyl groups excluding tert-OH is 1. The average Bonchev–Trinajstić information content (AvgIpc) is 2.80. The molecule has 0 bridgehead atoms. The molecule has 6 heteroatoms. The normalized spacial score (nSPS) is 12.7. The summed E-state index contributed by atoms with van der Waals surface area (Å²) in [7, 11) is 0. The van der Waals surface area contributed by atoms with Crippen LogP contribution in [0.5, 0.6) is 0 Å². The highest BCUT2D eigenvalue weighted by atomic mass is 16.3. The van der Waals surface area contributed by atoms with Crippen LogP contribution in [-0.2, 0) is 6.54 Å². The molecule has 1 atom stereocenters. The SMILES string of the molecule is CCCn1nncc1C(O)c1cc(C)nnc1C. The fourth-order valence-corrected chi connectivity index (χ4v) is 1.87. The maximum Gasteiger partial charge on any atom is 0.124 e. The number of nitrogens with zero attached hydrogens (tertiary/aromatic N) is 5. The molecule has 2 aromatic heterocycles. The number of aryl methyl sites for hydroxylation is 3. The molecule has 0 saturated carbocycles. The van der Waals surface area contributed by atoms with Gasteiger partial charge in [0.25, 0.3) is 0 Å². The molecule has 0 aromatic carbocycles. The second kappa shape index (κ2) is 5.22. The number of aromatic nitrogens is 5. The molecule has 0 aliphatic heterocycles. The Morgan fingerprint density at radius 3 is 2.83 bits per heavy atom. The van der Waals surface area contributed by atoms with Crippen LogP contribution in [0.1, 0.15) is 42.1 Å². The minimum atomic E-state index is -0.763. The van der Waals surface area contributed by atoms with E-state index in [0.29, 0.717) is 5.69 Å². The first-order valence-electron chi connectivity index (χ1n) is 6.00. The molecular formula is C12H17N5O. The summed E-state index contributed by atoms with van der Waals surface area (Å²) in [5, 5.41) is 26.2. The molecule has 0 spiro atoms. The van der Waals surface area contributed by atoms with Crippen molar-refractivity contribution >= 4 is 0 Å². The zero-order chi connectivity index (χ0) is 13.1. The van der Waals surface area contributed by atoms with Gasteiger partial charge >= 0.3 is 0 Å². The predicted octanol–water partition coefficient (Wildman–Crippen LogP) is 1.18. The van der Waals surface area contributed by atoms with Gasteiger partial charge in [0, 0.05) is 12.1 Å². The molecule has 96 valence electrons. The second-order valence-corrected chi connectivity index (χ2v) is 4.31. The fraction of sp³-hybridized carbons (Fsp3) is 0.500. The first-order chi connectivity index (χ1) is 8.63. The van der Waals surface area contributed by atoms with Gasteiger partial charge in [0.05, 0.1) is 23.3 Å². The monoisotopic (exact) mass is 247 g/mol. The number of aliphatic hydroxyl groups is 1. The van der Waals surface area contributed by atoms with Gasteiger partial charge < -0.3 is 5.11 Å². The molecule has 0 fully saturated rings. The van der Waals surface area contributed by atoms with Crippen molar-refractivity contribution in [2.24, 2.45) is 0 Å². The fourth-order valence-electron chi connectivity index (χ4n) is 1.87. The van der Waals surface area contributed by atoms with E-state index >= 15 is 0 Å². The van der Waals surface area contributed by atoms with Crippen LogP contribution in [0.4, 0.5) is 0 Å². The van der Waals surface area contributed by atoms with Crippen LogP contribution in [0.3, 0.4) is 0 Å². The highest BCUT2D eigenvalue weighted by Crippen LogP contribution is 2.23. The van der Waals surface area contributed by atoms with Crippen LogP contribution in [0.2, 0.25) is 0 Å². The summed E-state index contributed by atoms with van der Waals surface area (Å²) in [4.78, 5) is 0. The maximum absolute atomic E-state index is 10.4. The molecule has 0 aliphatic carbocycles. The lowest BCUT2D eigenvalue weighted by Gasteiger charge is -2.14. The summed E-state index contributed by atoms with van der Waals surface area (Å²) in [6.07, 6.45) is 1.77. The predicted molar refractivity (Wildman–Crippen MR) is 65.9 cm³/mol. The van der Waals surface area contributed by atoms with E-state index in [4.69, 9.17) is 0 Å². The molecule has 2 rings (SSSR count). The van der Waals surface area contributed by atoms with Gasteiger partial charge in [0.15, 0.2) is 0 Å². The first kappa shape index (κ1) is 12.6. The summed E-state index contributed by atoms with van der Waals surface area (Å²) in [5.74, 6) is 0. The molecule has 2 heterocycles. The van der Waals surface area contributed by atoms with Crippen LogP contribution >= 0.6 is 0 Å². The summed E-state index contributed by atoms with van der Waals surface area (Å²) < 4.78 is 1.72. The van der Waals surface area contributed by atoms with Crippen molar-refractivity contribution in [2.45, 2.75) is 39.8 Å². The summed E-state index contributed by atoms with van der Waals surface area (Å²) in [6, 6.07) is 1.84. The molecule has 0 aliphatic rings. The standard InChI is InChI=1S/C12H17N5O/c1-4-5-17-11(7-13-16-17)12(18)10-6-8(2)14-15-9(10)3/h6-7,12,18H,4-5H2,1-3H3. The van der Waals surface area contributed by atoms with E-state index in [1.54, 1.807) is 10.9 Å². The number of hydrogen-bond acceptors (Lipinski definition) is 5. The van der Waals surface area contributed by atoms with Crippen LogP contribution in [0, 0.1) is 13.8 Å². The Balaban J connectivity index is 2.38. The summed E-state index contributed by atoms with van der Waals surface area (Å²) >= 11 is 0. The Kier molecular flexibility index (Phi) is 3.66. The van der Waals surface area contributed by atoms with Crippen molar-refractivity contribution in [1.82, 2.24) is 25.2 Å². The highest BCUT2D eigenvalue weighted by molar-refractivity contribution is 5.28. The summed E-state index contributed by atoms with van der Waals surface area (Å²) in [6.45, 7) is 6.48. The van der Waals surface area contributed by atoms with E-state index in [1.807, 2.05) is 19.9 Å². The lowest BCUT2D eigenvalue weighted by Crippen LogP contribution is -2.12. The molecule has 2 aromatic rings. The van der Waals surface area contributed by atoms with Crippen molar-refractivity contribution in [3.8, 4) is 0 Å². The molecule has 0 saturated heterocycles. The molecule has 0 radical (unpaired) electrons. The minimum Gasteiger partial charge on any atom is -0.382 e. The van der Waals surface area contributed by atoms with Crippen LogP contribution in [0.15, 0.2) is 12.3 Å². The molecular weight excluding hydrogens is 230 g/mol. The Morgan fingerprint density at radius 2 is 2.11 bits per heavy atom. The maximum atomic E-state index is 10.4. The van der Waals surface area contributed by atoms with Crippen molar-refractivity contribution < 1.29 is 5.11 Å². The highest BCUT2D eigenvalue weighted by Gasteiger charge is 2.19. The van der Waals surface area contributed by atoms with Gasteiger partial charge in [-0.3, -0.25) is 0 Å². The average molecular weight is 247 g/mol. The lowest BCUT2D eigenvalue weighted by atomic mass is 10.1. The van der Waals surface area contributed by atoms with E-state index in [0.717, 1.165) is 29.9 Å². The molecule has 18 heavy (non-hydrogen) atoms. The van der Waals surface area contributed by atoms with E-state index < -0.39 is 6.10 Å². The van der Waals surface area contributed by atoms with Crippen molar-refractivity contribution in [3.05, 3.63) is 34.9 Å². The van der Waals surface area contributed by atoms with Gasteiger partial charge in [0.2, 0.25) is 0 Å². The minimum absolute atomic E-state index is 0.687. The van der Waals surface area contributed by atoms with Crippen LogP contribution in [-0.4, -0.2) is 30.3 Å². The zero-order valence-corrected chi connectivity index (χ0v) is 10.8. The van der Waals surface area contributed by atoms with Crippen LogP contribution in [0.25, 0.3) is 0 Å². The molecule has 1 unspecified atom stereocenters. The van der Waals surface area contributed by atoms with Gasteiger partial charge in [-0.1, -0.05) is 12.1 Å². The van der Waals surface area contributed by atoms with E-state index in [-0.39, 0.29) is 0 Å². The first-order valence-corrected chi connectivity index (χ1v) is 6.00. The summed E-state index contributed by atoms with van der Waals surface area (Å²) in [5.41, 5.74) is 2.94. The molecule has 6 nitrogen and oxygen atoms in total. The Morgan fingerprint density at radius 1 is 1.33 bits per heavy atom. The van der Waals surface area contributed by atoms with Crippen molar-refractivity contribution in [1.29, 1.82) is 0 Å². The van der Waals surface area contributed by atoms with E-state index in [2.05, 4.69) is 27.4 Å². The zero-order valence-electron chi connectivity index (χ0n) is 10.8. The quantitative estimate of drug-likeness (QED) is 0.877. The third-order valence-electron chi connectivity index (χ3n) is 2.80. The van der Waals surface area contributed by atoms with Crippen LogP contribution < -0.4 is 0 Å². The third-order valence-corrected chi connectivity index (χ3v) is 2.80. The number of hydrogen-bond donors (Lipinski definition) is 1. The Labute approximate surface area is 106 Å². The Bertz CT molecular complexity index is 537. The van der Waals surface area contributed by atoms with Gasteiger partial charge in [-0.05, 0) is 26.3 Å². The smallest absolute Gasteiger partial charge is 0.124 e. The number of rotatable bonds is 4. The second-order valence-electron chi connectivity index (χ2n) is 4.31. The van der Waals surface area contributed by atoms with Gasteiger partial charge in [0.1, 0.15) is 6.10 Å². The third kappa shape index (κ3) is 2.38. The Hall–Kier alpha value is -1.82.